The van der Waals surface area contributed by atoms with E-state index in [0.29, 0.717) is 0 Å². The standard InChI is InChI=1S/C14H16NO/c1-12-6-8-13(9-7-12)14(16-2)15-10-4-3-5-11-15/h3-11,14H,1-2H3/q+1. The molecule has 2 rings (SSSR count). The number of hydrogen-bond acceptors (Lipinski definition) is 1. The van der Waals surface area contributed by atoms with Gasteiger partial charge in [0.15, 0.2) is 12.4 Å². The Morgan fingerprint density at radius 3 is 2.19 bits per heavy atom. The van der Waals surface area contributed by atoms with E-state index in [4.69, 9.17) is 4.74 Å². The molecule has 2 aromatic rings. The lowest BCUT2D eigenvalue weighted by Crippen LogP contribution is -2.40. The minimum absolute atomic E-state index is 0.0539. The summed E-state index contributed by atoms with van der Waals surface area (Å²) in [6.07, 6.45) is 3.96. The molecule has 2 nitrogen and oxygen atoms in total. The van der Waals surface area contributed by atoms with Gasteiger partial charge < -0.3 is 4.74 Å². The van der Waals surface area contributed by atoms with Crippen LogP contribution in [0.1, 0.15) is 17.4 Å². The third-order valence-corrected chi connectivity index (χ3v) is 2.60. The van der Waals surface area contributed by atoms with Crippen molar-refractivity contribution in [1.82, 2.24) is 0 Å². The first-order valence-corrected chi connectivity index (χ1v) is 5.36. The summed E-state index contributed by atoms with van der Waals surface area (Å²) < 4.78 is 7.57. The molecule has 16 heavy (non-hydrogen) atoms. The van der Waals surface area contributed by atoms with Crippen LogP contribution >= 0.6 is 0 Å². The predicted molar refractivity (Wildman–Crippen MR) is 63.0 cm³/mol. The van der Waals surface area contributed by atoms with E-state index in [9.17, 15) is 0 Å². The molecule has 0 bridgehead atoms. The van der Waals surface area contributed by atoms with Gasteiger partial charge in [0.2, 0.25) is 0 Å². The number of benzene rings is 1. The third kappa shape index (κ3) is 2.28. The summed E-state index contributed by atoms with van der Waals surface area (Å²) in [6.45, 7) is 2.08. The minimum atomic E-state index is -0.0539. The van der Waals surface area contributed by atoms with Crippen LogP contribution in [0.5, 0.6) is 0 Å². The number of nitrogens with zero attached hydrogens (tertiary/aromatic N) is 1. The van der Waals surface area contributed by atoms with Crippen molar-refractivity contribution >= 4 is 0 Å². The monoisotopic (exact) mass is 214 g/mol. The molecule has 0 aliphatic rings. The average molecular weight is 214 g/mol. The van der Waals surface area contributed by atoms with Crippen LogP contribution in [-0.2, 0) is 4.74 Å². The van der Waals surface area contributed by atoms with Crippen LogP contribution < -0.4 is 4.57 Å². The fraction of sp³-hybridized carbons (Fsp3) is 0.214. The van der Waals surface area contributed by atoms with Gasteiger partial charge in [-0.1, -0.05) is 23.8 Å². The molecule has 1 aromatic carbocycles. The van der Waals surface area contributed by atoms with Crippen molar-refractivity contribution in [2.45, 2.75) is 13.2 Å². The van der Waals surface area contributed by atoms with Gasteiger partial charge in [0, 0.05) is 24.8 Å². The maximum atomic E-state index is 5.53. The predicted octanol–water partition coefficient (Wildman–Crippen LogP) is 2.48. The first-order valence-electron chi connectivity index (χ1n) is 5.36. The first kappa shape index (κ1) is 10.8. The Morgan fingerprint density at radius 2 is 1.62 bits per heavy atom. The smallest absolute Gasteiger partial charge is 0.289 e. The average Bonchev–Trinajstić information content (AvgIpc) is 2.34. The first-order chi connectivity index (χ1) is 7.81. The Bertz CT molecular complexity index is 436. The largest absolute Gasteiger partial charge is 0.320 e. The lowest BCUT2D eigenvalue weighted by atomic mass is 10.1. The molecular formula is C14H16NO+. The quantitative estimate of drug-likeness (QED) is 0.715. The Hall–Kier alpha value is -1.67. The topological polar surface area (TPSA) is 13.1 Å². The van der Waals surface area contributed by atoms with Gasteiger partial charge in [-0.15, -0.1) is 0 Å². The van der Waals surface area contributed by atoms with Crippen LogP contribution in [0.25, 0.3) is 0 Å². The molecule has 0 fully saturated rings. The van der Waals surface area contributed by atoms with Crippen LogP contribution in [0.2, 0.25) is 0 Å². The number of rotatable bonds is 3. The van der Waals surface area contributed by atoms with E-state index in [1.807, 2.05) is 35.2 Å². The zero-order valence-corrected chi connectivity index (χ0v) is 9.63. The number of aryl methyl sites for hydroxylation is 1. The SMILES string of the molecule is COC(c1ccc(C)cc1)[n+]1ccccc1. The van der Waals surface area contributed by atoms with Crippen molar-refractivity contribution in [3.63, 3.8) is 0 Å². The molecule has 0 spiro atoms. The molecule has 0 aliphatic carbocycles. The molecule has 0 aliphatic heterocycles. The van der Waals surface area contributed by atoms with Gasteiger partial charge >= 0.3 is 0 Å². The van der Waals surface area contributed by atoms with Crippen LogP contribution in [0.4, 0.5) is 0 Å². The summed E-state index contributed by atoms with van der Waals surface area (Å²) in [7, 11) is 1.73. The molecular weight excluding hydrogens is 198 g/mol. The minimum Gasteiger partial charge on any atom is -0.320 e. The van der Waals surface area contributed by atoms with Gasteiger partial charge in [-0.3, -0.25) is 0 Å². The molecule has 1 aromatic heterocycles. The molecule has 0 amide bonds. The summed E-state index contributed by atoms with van der Waals surface area (Å²) in [5.74, 6) is 0. The van der Waals surface area contributed by atoms with E-state index < -0.39 is 0 Å². The Morgan fingerprint density at radius 1 is 1.00 bits per heavy atom. The highest BCUT2D eigenvalue weighted by Crippen LogP contribution is 2.13. The molecule has 1 heterocycles. The molecule has 0 radical (unpaired) electrons. The second-order valence-electron chi connectivity index (χ2n) is 3.82. The lowest BCUT2D eigenvalue weighted by molar-refractivity contribution is -0.750. The molecule has 0 saturated heterocycles. The summed E-state index contributed by atoms with van der Waals surface area (Å²) in [5.41, 5.74) is 2.42. The van der Waals surface area contributed by atoms with Gasteiger partial charge in [0.05, 0.1) is 0 Å². The highest BCUT2D eigenvalue weighted by Gasteiger charge is 2.18. The Balaban J connectivity index is 2.33. The van der Waals surface area contributed by atoms with Gasteiger partial charge in [-0.05, 0) is 19.1 Å². The highest BCUT2D eigenvalue weighted by atomic mass is 16.5. The van der Waals surface area contributed by atoms with Crippen LogP contribution in [0.3, 0.4) is 0 Å². The van der Waals surface area contributed by atoms with Gasteiger partial charge in [0.1, 0.15) is 0 Å². The van der Waals surface area contributed by atoms with Gasteiger partial charge in [-0.25, -0.2) is 0 Å². The summed E-state index contributed by atoms with van der Waals surface area (Å²) in [6, 6.07) is 14.4. The van der Waals surface area contributed by atoms with Crippen molar-refractivity contribution in [2.75, 3.05) is 7.11 Å². The second-order valence-corrected chi connectivity index (χ2v) is 3.82. The van der Waals surface area contributed by atoms with Crippen molar-refractivity contribution in [1.29, 1.82) is 0 Å². The van der Waals surface area contributed by atoms with Crippen molar-refractivity contribution in [2.24, 2.45) is 0 Å². The van der Waals surface area contributed by atoms with Crippen LogP contribution in [0, 0.1) is 6.92 Å². The van der Waals surface area contributed by atoms with Crippen molar-refractivity contribution in [3.05, 3.63) is 66.0 Å². The summed E-state index contributed by atoms with van der Waals surface area (Å²) in [4.78, 5) is 0. The maximum Gasteiger partial charge on any atom is 0.289 e. The molecule has 0 N–H and O–H groups in total. The summed E-state index contributed by atoms with van der Waals surface area (Å²) >= 11 is 0. The maximum absolute atomic E-state index is 5.53. The number of ether oxygens (including phenoxy) is 1. The number of methoxy groups -OCH3 is 1. The van der Waals surface area contributed by atoms with Gasteiger partial charge in [-0.2, -0.15) is 4.57 Å². The Kier molecular flexibility index (Phi) is 3.32. The molecule has 0 saturated carbocycles. The van der Waals surface area contributed by atoms with Gasteiger partial charge in [0.25, 0.3) is 6.23 Å². The van der Waals surface area contributed by atoms with E-state index in [1.54, 1.807) is 7.11 Å². The highest BCUT2D eigenvalue weighted by molar-refractivity contribution is 5.22. The van der Waals surface area contributed by atoms with E-state index in [1.165, 1.54) is 5.56 Å². The third-order valence-electron chi connectivity index (χ3n) is 2.60. The number of aromatic nitrogens is 1. The molecule has 82 valence electrons. The van der Waals surface area contributed by atoms with Crippen molar-refractivity contribution in [3.8, 4) is 0 Å². The fourth-order valence-corrected chi connectivity index (χ4v) is 1.73. The lowest BCUT2D eigenvalue weighted by Gasteiger charge is -2.10. The zero-order chi connectivity index (χ0) is 11.4. The molecule has 1 atom stereocenters. The van der Waals surface area contributed by atoms with Crippen molar-refractivity contribution < 1.29 is 9.30 Å². The molecule has 2 heteroatoms. The number of pyridine rings is 1. The van der Waals surface area contributed by atoms with E-state index >= 15 is 0 Å². The normalized spacial score (nSPS) is 12.4. The van der Waals surface area contributed by atoms with Crippen LogP contribution in [0.15, 0.2) is 54.9 Å². The van der Waals surface area contributed by atoms with Crippen LogP contribution in [-0.4, -0.2) is 7.11 Å². The second kappa shape index (κ2) is 4.90. The van der Waals surface area contributed by atoms with E-state index in [2.05, 4.69) is 31.2 Å². The summed E-state index contributed by atoms with van der Waals surface area (Å²) in [5, 5.41) is 0. The zero-order valence-electron chi connectivity index (χ0n) is 9.63. The Labute approximate surface area is 96.1 Å². The van der Waals surface area contributed by atoms with E-state index in [0.717, 1.165) is 5.56 Å². The fourth-order valence-electron chi connectivity index (χ4n) is 1.73. The number of hydrogen-bond donors (Lipinski definition) is 0. The van der Waals surface area contributed by atoms with E-state index in [-0.39, 0.29) is 6.23 Å². The molecule has 1 unspecified atom stereocenters.